The summed E-state index contributed by atoms with van der Waals surface area (Å²) in [6, 6.07) is 10.1. The highest BCUT2D eigenvalue weighted by atomic mass is 32.2. The Hall–Kier alpha value is -2.82. The van der Waals surface area contributed by atoms with Gasteiger partial charge in [0.05, 0.1) is 28.8 Å². The van der Waals surface area contributed by atoms with Gasteiger partial charge < -0.3 is 9.72 Å². The second-order valence-electron chi connectivity index (χ2n) is 7.32. The van der Waals surface area contributed by atoms with E-state index in [-0.39, 0.29) is 24.3 Å². The maximum Gasteiger partial charge on any atom is 0.338 e. The van der Waals surface area contributed by atoms with Crippen molar-refractivity contribution in [2.75, 3.05) is 11.5 Å². The SMILES string of the molecule is CCOC(=O)c1ccc(N2C(=O)C3Sc4[nH]c(=S)sc4C(c4cccnc4)C3C2=O)cc1. The van der Waals surface area contributed by atoms with Crippen LogP contribution >= 0.6 is 35.3 Å². The highest BCUT2D eigenvalue weighted by molar-refractivity contribution is 8.01. The first-order valence-corrected chi connectivity index (χ1v) is 12.0. The molecule has 2 amide bonds. The molecule has 0 saturated carbocycles. The van der Waals surface area contributed by atoms with Crippen LogP contribution in [0.3, 0.4) is 0 Å². The van der Waals surface area contributed by atoms with Gasteiger partial charge in [-0.3, -0.25) is 14.6 Å². The molecule has 0 bridgehead atoms. The van der Waals surface area contributed by atoms with Crippen molar-refractivity contribution >= 4 is 58.8 Å². The Morgan fingerprint density at radius 1 is 1.22 bits per heavy atom. The summed E-state index contributed by atoms with van der Waals surface area (Å²) in [5, 5.41) is 0.251. The number of benzene rings is 1. The molecule has 1 N–H and O–H groups in total. The number of anilines is 1. The Balaban J connectivity index is 1.54. The van der Waals surface area contributed by atoms with E-state index < -0.39 is 17.1 Å². The number of H-pyrrole nitrogens is 1. The fourth-order valence-electron chi connectivity index (χ4n) is 4.15. The number of thioether (sulfide) groups is 1. The van der Waals surface area contributed by atoms with Gasteiger partial charge in [0.15, 0.2) is 3.95 Å². The molecule has 2 aromatic heterocycles. The van der Waals surface area contributed by atoms with E-state index in [1.165, 1.54) is 28.0 Å². The van der Waals surface area contributed by atoms with E-state index >= 15 is 0 Å². The molecule has 4 heterocycles. The van der Waals surface area contributed by atoms with Crippen molar-refractivity contribution in [1.82, 2.24) is 9.97 Å². The number of fused-ring (bicyclic) bond motifs is 2. The Morgan fingerprint density at radius 3 is 2.69 bits per heavy atom. The van der Waals surface area contributed by atoms with Crippen LogP contribution in [0.2, 0.25) is 0 Å². The number of nitrogens with one attached hydrogen (secondary N) is 1. The molecular weight excluding hydrogens is 466 g/mol. The van der Waals surface area contributed by atoms with Gasteiger partial charge in [-0.15, -0.1) is 11.3 Å². The maximum atomic E-state index is 13.6. The van der Waals surface area contributed by atoms with Crippen LogP contribution in [-0.4, -0.2) is 39.6 Å². The lowest BCUT2D eigenvalue weighted by Crippen LogP contribution is -2.32. The lowest BCUT2D eigenvalue weighted by molar-refractivity contribution is -0.122. The predicted octanol–water partition coefficient (Wildman–Crippen LogP) is 4.17. The predicted molar refractivity (Wildman–Crippen MR) is 124 cm³/mol. The van der Waals surface area contributed by atoms with Crippen LogP contribution in [0.15, 0.2) is 53.8 Å². The van der Waals surface area contributed by atoms with Crippen molar-refractivity contribution in [1.29, 1.82) is 0 Å². The van der Waals surface area contributed by atoms with Crippen molar-refractivity contribution in [2.24, 2.45) is 5.92 Å². The molecule has 162 valence electrons. The van der Waals surface area contributed by atoms with Crippen LogP contribution in [-0.2, 0) is 14.3 Å². The first-order valence-electron chi connectivity index (χ1n) is 9.94. The number of aromatic nitrogens is 2. The highest BCUT2D eigenvalue weighted by Crippen LogP contribution is 2.53. The Morgan fingerprint density at radius 2 is 2.00 bits per heavy atom. The summed E-state index contributed by atoms with van der Waals surface area (Å²) in [5.74, 6) is -1.88. The van der Waals surface area contributed by atoms with Gasteiger partial charge in [0.1, 0.15) is 5.25 Å². The molecule has 2 aliphatic heterocycles. The second kappa shape index (κ2) is 8.27. The zero-order valence-electron chi connectivity index (χ0n) is 16.8. The first kappa shape index (κ1) is 21.0. The third-order valence-corrected chi connectivity index (χ3v) is 8.26. The molecule has 1 saturated heterocycles. The molecule has 1 aromatic carbocycles. The van der Waals surface area contributed by atoms with Crippen LogP contribution in [0.1, 0.15) is 33.6 Å². The molecule has 0 radical (unpaired) electrons. The Bertz CT molecular complexity index is 1270. The summed E-state index contributed by atoms with van der Waals surface area (Å²) in [7, 11) is 0. The average molecular weight is 484 g/mol. The van der Waals surface area contributed by atoms with Crippen molar-refractivity contribution in [3.63, 3.8) is 0 Å². The molecule has 2 aliphatic rings. The highest BCUT2D eigenvalue weighted by Gasteiger charge is 2.56. The number of aromatic amines is 1. The minimum absolute atomic E-state index is 0.268. The van der Waals surface area contributed by atoms with E-state index in [0.29, 0.717) is 15.2 Å². The number of imide groups is 1. The van der Waals surface area contributed by atoms with Crippen LogP contribution in [0.5, 0.6) is 0 Å². The molecule has 32 heavy (non-hydrogen) atoms. The van der Waals surface area contributed by atoms with Crippen LogP contribution in [0.4, 0.5) is 5.69 Å². The number of hydrogen-bond acceptors (Lipinski definition) is 8. The first-order chi connectivity index (χ1) is 15.5. The number of thiazole rings is 1. The fourth-order valence-corrected chi connectivity index (χ4v) is 7.11. The monoisotopic (exact) mass is 483 g/mol. The topological polar surface area (TPSA) is 92.4 Å². The smallest absolute Gasteiger partial charge is 0.338 e. The normalized spacial score (nSPS) is 21.9. The second-order valence-corrected chi connectivity index (χ2v) is 10.2. The summed E-state index contributed by atoms with van der Waals surface area (Å²) in [6.45, 7) is 2.00. The zero-order chi connectivity index (χ0) is 22.4. The van der Waals surface area contributed by atoms with E-state index in [1.807, 2.05) is 12.1 Å². The van der Waals surface area contributed by atoms with E-state index in [2.05, 4.69) is 9.97 Å². The summed E-state index contributed by atoms with van der Waals surface area (Å²) in [5.41, 5.74) is 1.67. The Kier molecular flexibility index (Phi) is 5.44. The van der Waals surface area contributed by atoms with E-state index in [0.717, 1.165) is 15.5 Å². The van der Waals surface area contributed by atoms with Crippen molar-refractivity contribution in [3.8, 4) is 0 Å². The van der Waals surface area contributed by atoms with Crippen molar-refractivity contribution in [3.05, 3.63) is 68.8 Å². The number of rotatable bonds is 4. The molecule has 10 heteroatoms. The number of ether oxygens (including phenoxy) is 1. The number of pyridine rings is 1. The number of carbonyl (C=O) groups is 3. The zero-order valence-corrected chi connectivity index (χ0v) is 19.3. The number of esters is 1. The summed E-state index contributed by atoms with van der Waals surface area (Å²) >= 11 is 8.12. The van der Waals surface area contributed by atoms with Crippen LogP contribution in [0.25, 0.3) is 0 Å². The van der Waals surface area contributed by atoms with Crippen LogP contribution in [0, 0.1) is 9.87 Å². The Labute approximate surface area is 196 Å². The minimum Gasteiger partial charge on any atom is -0.462 e. The van der Waals surface area contributed by atoms with Gasteiger partial charge in [0.25, 0.3) is 0 Å². The quantitative estimate of drug-likeness (QED) is 0.338. The lowest BCUT2D eigenvalue weighted by Gasteiger charge is -2.29. The molecule has 7 nitrogen and oxygen atoms in total. The molecule has 0 aliphatic carbocycles. The summed E-state index contributed by atoms with van der Waals surface area (Å²) in [4.78, 5) is 48.6. The minimum atomic E-state index is -0.579. The molecule has 1 fully saturated rings. The van der Waals surface area contributed by atoms with Gasteiger partial charge in [-0.25, -0.2) is 9.69 Å². The van der Waals surface area contributed by atoms with Gasteiger partial charge >= 0.3 is 5.97 Å². The average Bonchev–Trinajstić information content (AvgIpc) is 3.29. The molecule has 0 spiro atoms. The fraction of sp³-hybridized carbons (Fsp3) is 0.227. The lowest BCUT2D eigenvalue weighted by atomic mass is 9.84. The molecular formula is C22H17N3O4S3. The molecule has 3 aromatic rings. The van der Waals surface area contributed by atoms with Gasteiger partial charge in [-0.2, -0.15) is 0 Å². The standard InChI is InChI=1S/C22H17N3O4S3/c1-2-29-21(28)11-5-7-13(8-6-11)25-19(26)15-14(12-4-3-9-23-10-12)16-18(24-22(30)32-16)31-17(15)20(25)27/h3-10,14-15,17H,2H2,1H3,(H,24,30). The largest absolute Gasteiger partial charge is 0.462 e. The van der Waals surface area contributed by atoms with E-state index in [1.54, 1.807) is 43.6 Å². The summed E-state index contributed by atoms with van der Waals surface area (Å²) < 4.78 is 5.62. The van der Waals surface area contributed by atoms with Gasteiger partial charge in [0, 0.05) is 23.2 Å². The van der Waals surface area contributed by atoms with E-state index in [9.17, 15) is 14.4 Å². The molecule has 3 unspecified atom stereocenters. The summed E-state index contributed by atoms with van der Waals surface area (Å²) in [6.07, 6.45) is 3.41. The van der Waals surface area contributed by atoms with Crippen LogP contribution < -0.4 is 4.90 Å². The van der Waals surface area contributed by atoms with Gasteiger partial charge in [-0.05, 0) is 55.0 Å². The maximum absolute atomic E-state index is 13.6. The van der Waals surface area contributed by atoms with Gasteiger partial charge in [-0.1, -0.05) is 17.8 Å². The van der Waals surface area contributed by atoms with Gasteiger partial charge in [0.2, 0.25) is 11.8 Å². The number of amides is 2. The third kappa shape index (κ3) is 3.39. The van der Waals surface area contributed by atoms with Crippen molar-refractivity contribution < 1.29 is 19.1 Å². The number of nitrogens with zero attached hydrogens (tertiary/aromatic N) is 2. The third-order valence-electron chi connectivity index (χ3n) is 5.50. The van der Waals surface area contributed by atoms with E-state index in [4.69, 9.17) is 17.0 Å². The van der Waals surface area contributed by atoms with Crippen molar-refractivity contribution in [2.45, 2.75) is 23.1 Å². The number of hydrogen-bond donors (Lipinski definition) is 1. The molecule has 3 atom stereocenters. The number of carbonyl (C=O) groups excluding carboxylic acids is 3. The molecule has 5 rings (SSSR count).